The molecule has 1 aromatic carbocycles. The van der Waals surface area contributed by atoms with Crippen molar-refractivity contribution in [2.75, 3.05) is 6.54 Å². The molecule has 0 aliphatic heterocycles. The molecule has 3 aromatic rings. The summed E-state index contributed by atoms with van der Waals surface area (Å²) in [4.78, 5) is 12.0. The van der Waals surface area contributed by atoms with Crippen LogP contribution in [0.1, 0.15) is 22.2 Å². The normalized spacial score (nSPS) is 12.0. The Labute approximate surface area is 132 Å². The molecule has 0 fully saturated rings. The van der Waals surface area contributed by atoms with Gasteiger partial charge in [0.25, 0.3) is 5.91 Å². The molecule has 5 nitrogen and oxygen atoms in total. The lowest BCUT2D eigenvalue weighted by molar-refractivity contribution is 0.0910. The monoisotopic (exact) mass is 313 g/mol. The third kappa shape index (κ3) is 3.85. The number of amides is 1. The van der Waals surface area contributed by atoms with E-state index < -0.39 is 0 Å². The molecule has 23 heavy (non-hydrogen) atoms. The third-order valence-electron chi connectivity index (χ3n) is 3.57. The number of rotatable bonds is 6. The average Bonchev–Trinajstić information content (AvgIpc) is 3.23. The van der Waals surface area contributed by atoms with Crippen molar-refractivity contribution >= 4 is 5.91 Å². The van der Waals surface area contributed by atoms with E-state index in [1.807, 2.05) is 35.2 Å². The van der Waals surface area contributed by atoms with Gasteiger partial charge in [0.2, 0.25) is 5.76 Å². The Bertz CT molecular complexity index is 754. The molecule has 0 aliphatic rings. The van der Waals surface area contributed by atoms with Crippen LogP contribution in [0.4, 0.5) is 4.39 Å². The van der Waals surface area contributed by atoms with Crippen molar-refractivity contribution in [3.05, 3.63) is 78.2 Å². The molecule has 1 atom stereocenters. The Balaban J connectivity index is 1.70. The number of carbonyl (C=O) groups excluding carboxylic acids is 1. The maximum absolute atomic E-state index is 13.4. The van der Waals surface area contributed by atoms with Crippen LogP contribution in [0.15, 0.2) is 65.6 Å². The number of hydrogen-bond acceptors (Lipinski definition) is 3. The van der Waals surface area contributed by atoms with Crippen molar-refractivity contribution in [2.45, 2.75) is 12.5 Å². The highest BCUT2D eigenvalue weighted by atomic mass is 19.1. The van der Waals surface area contributed by atoms with Crippen LogP contribution < -0.4 is 5.32 Å². The molecule has 2 aromatic heterocycles. The van der Waals surface area contributed by atoms with Crippen LogP contribution >= 0.6 is 0 Å². The summed E-state index contributed by atoms with van der Waals surface area (Å²) < 4.78 is 20.2. The van der Waals surface area contributed by atoms with Gasteiger partial charge in [0.1, 0.15) is 5.82 Å². The lowest BCUT2D eigenvalue weighted by Gasteiger charge is -2.19. The topological polar surface area (TPSA) is 60.1 Å². The van der Waals surface area contributed by atoms with E-state index in [4.69, 9.17) is 4.52 Å². The van der Waals surface area contributed by atoms with Crippen molar-refractivity contribution in [1.82, 2.24) is 15.0 Å². The van der Waals surface area contributed by atoms with Gasteiger partial charge in [0.15, 0.2) is 0 Å². The van der Waals surface area contributed by atoms with Gasteiger partial charge in [-0.25, -0.2) is 4.39 Å². The molecule has 1 unspecified atom stereocenters. The molecule has 6 heteroatoms. The first-order valence-electron chi connectivity index (χ1n) is 7.28. The maximum Gasteiger partial charge on any atom is 0.289 e. The molecule has 0 aliphatic carbocycles. The summed E-state index contributed by atoms with van der Waals surface area (Å²) in [5, 5.41) is 6.34. The van der Waals surface area contributed by atoms with E-state index in [-0.39, 0.29) is 23.5 Å². The number of nitrogens with one attached hydrogen (secondary N) is 1. The van der Waals surface area contributed by atoms with Crippen molar-refractivity contribution < 1.29 is 13.7 Å². The highest BCUT2D eigenvalue weighted by Crippen LogP contribution is 2.15. The predicted octanol–water partition coefficient (Wildman–Crippen LogP) is 2.83. The molecule has 1 N–H and O–H groups in total. The van der Waals surface area contributed by atoms with Crippen molar-refractivity contribution in [1.29, 1.82) is 0 Å². The van der Waals surface area contributed by atoms with E-state index in [0.717, 1.165) is 5.56 Å². The third-order valence-corrected chi connectivity index (χ3v) is 3.57. The minimum Gasteiger partial charge on any atom is -0.351 e. The van der Waals surface area contributed by atoms with Gasteiger partial charge in [0.05, 0.1) is 12.2 Å². The molecule has 2 heterocycles. The van der Waals surface area contributed by atoms with Crippen LogP contribution in [0.2, 0.25) is 0 Å². The molecule has 0 spiro atoms. The number of nitrogens with zero attached hydrogens (tertiary/aromatic N) is 2. The largest absolute Gasteiger partial charge is 0.351 e. The molecule has 1 amide bonds. The minimum absolute atomic E-state index is 0.0290. The van der Waals surface area contributed by atoms with Crippen LogP contribution in [-0.2, 0) is 6.42 Å². The summed E-state index contributed by atoms with van der Waals surface area (Å²) in [6.45, 7) is 0.394. The smallest absolute Gasteiger partial charge is 0.289 e. The highest BCUT2D eigenvalue weighted by molar-refractivity contribution is 5.91. The van der Waals surface area contributed by atoms with Crippen molar-refractivity contribution in [3.8, 4) is 0 Å². The van der Waals surface area contributed by atoms with E-state index >= 15 is 0 Å². The molecule has 0 saturated heterocycles. The zero-order chi connectivity index (χ0) is 16.1. The number of benzene rings is 1. The van der Waals surface area contributed by atoms with Crippen LogP contribution in [-0.4, -0.2) is 22.2 Å². The Morgan fingerprint density at radius 3 is 2.78 bits per heavy atom. The van der Waals surface area contributed by atoms with Gasteiger partial charge < -0.3 is 14.4 Å². The van der Waals surface area contributed by atoms with E-state index in [1.54, 1.807) is 6.07 Å². The quantitative estimate of drug-likeness (QED) is 0.761. The summed E-state index contributed by atoms with van der Waals surface area (Å²) in [5.41, 5.74) is 0.873. The Kier molecular flexibility index (Phi) is 4.52. The van der Waals surface area contributed by atoms with Gasteiger partial charge in [-0.1, -0.05) is 17.3 Å². The van der Waals surface area contributed by atoms with Gasteiger partial charge in [-0.05, 0) is 36.2 Å². The van der Waals surface area contributed by atoms with E-state index in [0.29, 0.717) is 13.0 Å². The standard InChI is InChI=1S/C17H16FN3O2/c18-14-5-3-4-13(10-14)11-15(21-8-1-2-9-21)12-19-17(22)16-6-7-20-23-16/h1-10,15H,11-12H2,(H,19,22). The highest BCUT2D eigenvalue weighted by Gasteiger charge is 2.15. The zero-order valence-corrected chi connectivity index (χ0v) is 12.4. The van der Waals surface area contributed by atoms with E-state index in [2.05, 4.69) is 10.5 Å². The molecule has 118 valence electrons. The van der Waals surface area contributed by atoms with Crippen LogP contribution in [0.3, 0.4) is 0 Å². The van der Waals surface area contributed by atoms with Gasteiger partial charge >= 0.3 is 0 Å². The molecular formula is C17H16FN3O2. The van der Waals surface area contributed by atoms with Crippen LogP contribution in [0.25, 0.3) is 0 Å². The number of halogens is 1. The minimum atomic E-state index is -0.320. The second-order valence-corrected chi connectivity index (χ2v) is 5.20. The van der Waals surface area contributed by atoms with Crippen LogP contribution in [0.5, 0.6) is 0 Å². The first kappa shape index (κ1) is 15.0. The molecular weight excluding hydrogens is 297 g/mol. The summed E-state index contributed by atoms with van der Waals surface area (Å²) in [7, 11) is 0. The number of carbonyl (C=O) groups is 1. The lowest BCUT2D eigenvalue weighted by atomic mass is 10.1. The zero-order valence-electron chi connectivity index (χ0n) is 12.4. The Morgan fingerprint density at radius 2 is 2.09 bits per heavy atom. The lowest BCUT2D eigenvalue weighted by Crippen LogP contribution is -2.31. The number of aromatic nitrogens is 2. The number of hydrogen-bond donors (Lipinski definition) is 1. The van der Waals surface area contributed by atoms with Gasteiger partial charge in [-0.3, -0.25) is 4.79 Å². The SMILES string of the molecule is O=C(NCC(Cc1cccc(F)c1)n1cccc1)c1ccno1. The van der Waals surface area contributed by atoms with E-state index in [1.165, 1.54) is 24.4 Å². The predicted molar refractivity (Wildman–Crippen MR) is 82.4 cm³/mol. The van der Waals surface area contributed by atoms with Crippen LogP contribution in [0, 0.1) is 5.82 Å². The summed E-state index contributed by atoms with van der Waals surface area (Å²) in [6, 6.07) is 11.8. The Morgan fingerprint density at radius 1 is 1.26 bits per heavy atom. The maximum atomic E-state index is 13.4. The van der Waals surface area contributed by atoms with E-state index in [9.17, 15) is 9.18 Å². The van der Waals surface area contributed by atoms with Gasteiger partial charge in [-0.2, -0.15) is 0 Å². The van der Waals surface area contributed by atoms with Crippen molar-refractivity contribution in [2.24, 2.45) is 0 Å². The summed E-state index contributed by atoms with van der Waals surface area (Å²) >= 11 is 0. The molecule has 0 saturated carbocycles. The molecule has 0 bridgehead atoms. The second-order valence-electron chi connectivity index (χ2n) is 5.20. The fraction of sp³-hybridized carbons (Fsp3) is 0.176. The summed E-state index contributed by atoms with van der Waals surface area (Å²) in [6.07, 6.45) is 5.86. The first-order valence-corrected chi connectivity index (χ1v) is 7.28. The fourth-order valence-electron chi connectivity index (χ4n) is 2.44. The fourth-order valence-corrected chi connectivity index (χ4v) is 2.44. The second kappa shape index (κ2) is 6.91. The average molecular weight is 313 g/mol. The van der Waals surface area contributed by atoms with Gasteiger partial charge in [0, 0.05) is 25.0 Å². The van der Waals surface area contributed by atoms with Gasteiger partial charge in [-0.15, -0.1) is 0 Å². The summed E-state index contributed by atoms with van der Waals surface area (Å²) in [5.74, 6) is -0.416. The first-order chi connectivity index (χ1) is 11.2. The molecule has 3 rings (SSSR count). The van der Waals surface area contributed by atoms with Crippen molar-refractivity contribution in [3.63, 3.8) is 0 Å². The Hall–Kier alpha value is -2.89. The molecule has 0 radical (unpaired) electrons.